The van der Waals surface area contributed by atoms with Crippen LogP contribution in [0.3, 0.4) is 0 Å². The molecule has 0 rings (SSSR count). The topological polar surface area (TPSA) is 177 Å². The Morgan fingerprint density at radius 3 is 1.83 bits per heavy atom. The molecule has 8 N–H and O–H groups in total. The number of carboxylic acid groups (broad SMARTS) is 1. The van der Waals surface area contributed by atoms with Crippen LogP contribution in [-0.4, -0.2) is 65.3 Å². The molecule has 0 aliphatic rings. The smallest absolute Gasteiger partial charge is 0.326 e. The number of hydrogen-bond acceptors (Lipinski definition) is 7. The number of hydrogen-bond donors (Lipinski definition) is 7. The summed E-state index contributed by atoms with van der Waals surface area (Å²) < 4.78 is 0. The Bertz CT molecular complexity index is 588. The zero-order valence-corrected chi connectivity index (χ0v) is 19.1. The van der Waals surface area contributed by atoms with Crippen LogP contribution < -0.4 is 27.4 Å². The highest BCUT2D eigenvalue weighted by Gasteiger charge is 2.32. The summed E-state index contributed by atoms with van der Waals surface area (Å²) in [7, 11) is 0. The molecular formula is C19H37N5O5S. The number of aliphatic carboxylic acids is 1. The molecule has 3 amide bonds. The van der Waals surface area contributed by atoms with Gasteiger partial charge in [-0.1, -0.05) is 27.7 Å². The molecular weight excluding hydrogens is 410 g/mol. The van der Waals surface area contributed by atoms with Gasteiger partial charge in [-0.05, 0) is 37.6 Å². The summed E-state index contributed by atoms with van der Waals surface area (Å²) in [6, 6.07) is -3.82. The second kappa shape index (κ2) is 14.2. The Hall–Kier alpha value is -1.85. The molecule has 0 heterocycles. The number of carbonyl (C=O) groups excluding carboxylic acids is 3. The van der Waals surface area contributed by atoms with Crippen molar-refractivity contribution in [1.82, 2.24) is 16.0 Å². The van der Waals surface area contributed by atoms with Crippen molar-refractivity contribution in [3.63, 3.8) is 0 Å². The predicted molar refractivity (Wildman–Crippen MR) is 118 cm³/mol. The SMILES string of the molecule is CC(C)C(NC(=O)C(CCCCN)NC(=O)C(NC(=O)C(N)CS)C(C)C)C(=O)O. The van der Waals surface area contributed by atoms with Crippen LogP contribution in [0.25, 0.3) is 0 Å². The average Bonchev–Trinajstić information content (AvgIpc) is 2.67. The first kappa shape index (κ1) is 28.1. The molecule has 0 radical (unpaired) electrons. The Kier molecular flexibility index (Phi) is 13.3. The zero-order chi connectivity index (χ0) is 23.4. The molecule has 0 saturated heterocycles. The van der Waals surface area contributed by atoms with Crippen molar-refractivity contribution in [3.8, 4) is 0 Å². The van der Waals surface area contributed by atoms with Crippen LogP contribution in [0.15, 0.2) is 0 Å². The van der Waals surface area contributed by atoms with Gasteiger partial charge in [0.05, 0.1) is 6.04 Å². The van der Waals surface area contributed by atoms with E-state index in [9.17, 15) is 24.3 Å². The largest absolute Gasteiger partial charge is 0.480 e. The lowest BCUT2D eigenvalue weighted by Crippen LogP contribution is -2.59. The normalized spacial score (nSPS) is 15.2. The maximum atomic E-state index is 12.8. The summed E-state index contributed by atoms with van der Waals surface area (Å²) in [4.78, 5) is 49.1. The van der Waals surface area contributed by atoms with Gasteiger partial charge in [0.2, 0.25) is 17.7 Å². The minimum atomic E-state index is -1.15. The summed E-state index contributed by atoms with van der Waals surface area (Å²) >= 11 is 3.98. The van der Waals surface area contributed by atoms with E-state index in [0.29, 0.717) is 19.4 Å². The maximum absolute atomic E-state index is 12.8. The molecule has 0 spiro atoms. The van der Waals surface area contributed by atoms with E-state index in [-0.39, 0.29) is 24.0 Å². The van der Waals surface area contributed by atoms with Gasteiger partial charge in [0.1, 0.15) is 18.1 Å². The first-order valence-electron chi connectivity index (χ1n) is 10.2. The van der Waals surface area contributed by atoms with Crippen molar-refractivity contribution in [2.75, 3.05) is 12.3 Å². The molecule has 0 aliphatic carbocycles. The molecule has 0 aliphatic heterocycles. The van der Waals surface area contributed by atoms with Crippen LogP contribution in [0.1, 0.15) is 47.0 Å². The summed E-state index contributed by atoms with van der Waals surface area (Å²) in [5, 5.41) is 17.0. The third-order valence-electron chi connectivity index (χ3n) is 4.59. The summed E-state index contributed by atoms with van der Waals surface area (Å²) in [6.07, 6.45) is 1.50. The fourth-order valence-corrected chi connectivity index (χ4v) is 2.83. The lowest BCUT2D eigenvalue weighted by atomic mass is 10.0. The molecule has 0 aromatic heterocycles. The van der Waals surface area contributed by atoms with Gasteiger partial charge in [-0.2, -0.15) is 12.6 Å². The van der Waals surface area contributed by atoms with Crippen molar-refractivity contribution in [2.24, 2.45) is 23.3 Å². The van der Waals surface area contributed by atoms with E-state index in [2.05, 4.69) is 28.6 Å². The fourth-order valence-electron chi connectivity index (χ4n) is 2.67. The first-order valence-corrected chi connectivity index (χ1v) is 10.8. The number of nitrogens with two attached hydrogens (primary N) is 2. The van der Waals surface area contributed by atoms with Gasteiger partial charge in [-0.15, -0.1) is 0 Å². The average molecular weight is 448 g/mol. The number of unbranched alkanes of at least 4 members (excludes halogenated alkanes) is 1. The predicted octanol–water partition coefficient (Wildman–Crippen LogP) is -0.776. The number of nitrogens with one attached hydrogen (secondary N) is 3. The van der Waals surface area contributed by atoms with E-state index >= 15 is 0 Å². The van der Waals surface area contributed by atoms with Crippen molar-refractivity contribution in [3.05, 3.63) is 0 Å². The van der Waals surface area contributed by atoms with E-state index in [4.69, 9.17) is 11.5 Å². The zero-order valence-electron chi connectivity index (χ0n) is 18.2. The van der Waals surface area contributed by atoms with Gasteiger partial charge >= 0.3 is 5.97 Å². The summed E-state index contributed by atoms with van der Waals surface area (Å²) in [6.45, 7) is 7.28. The van der Waals surface area contributed by atoms with Crippen molar-refractivity contribution in [1.29, 1.82) is 0 Å². The molecule has 174 valence electrons. The molecule has 4 atom stereocenters. The van der Waals surface area contributed by atoms with Gasteiger partial charge < -0.3 is 32.5 Å². The second-order valence-electron chi connectivity index (χ2n) is 7.93. The van der Waals surface area contributed by atoms with Crippen LogP contribution in [0.4, 0.5) is 0 Å². The molecule has 4 unspecified atom stereocenters. The van der Waals surface area contributed by atoms with E-state index in [1.54, 1.807) is 27.7 Å². The monoisotopic (exact) mass is 447 g/mol. The van der Waals surface area contributed by atoms with E-state index in [1.165, 1.54) is 0 Å². The number of carboxylic acids is 1. The Morgan fingerprint density at radius 2 is 1.40 bits per heavy atom. The first-order chi connectivity index (χ1) is 14.0. The van der Waals surface area contributed by atoms with Crippen LogP contribution in [-0.2, 0) is 19.2 Å². The van der Waals surface area contributed by atoms with Crippen molar-refractivity contribution in [2.45, 2.75) is 71.1 Å². The summed E-state index contributed by atoms with van der Waals surface area (Å²) in [5.74, 6) is -3.30. The lowest BCUT2D eigenvalue weighted by molar-refractivity contribution is -0.143. The maximum Gasteiger partial charge on any atom is 0.326 e. The quantitative estimate of drug-likeness (QED) is 0.135. The Balaban J connectivity index is 5.39. The van der Waals surface area contributed by atoms with Gasteiger partial charge in [-0.3, -0.25) is 14.4 Å². The highest BCUT2D eigenvalue weighted by molar-refractivity contribution is 7.80. The van der Waals surface area contributed by atoms with Gasteiger partial charge in [0.15, 0.2) is 0 Å². The molecule has 0 fully saturated rings. The Morgan fingerprint density at radius 1 is 0.867 bits per heavy atom. The molecule has 10 nitrogen and oxygen atoms in total. The third kappa shape index (κ3) is 9.77. The van der Waals surface area contributed by atoms with Crippen LogP contribution in [0, 0.1) is 11.8 Å². The molecule has 30 heavy (non-hydrogen) atoms. The molecule has 0 aromatic carbocycles. The van der Waals surface area contributed by atoms with Crippen LogP contribution in [0.5, 0.6) is 0 Å². The number of carbonyl (C=O) groups is 4. The van der Waals surface area contributed by atoms with Crippen molar-refractivity contribution < 1.29 is 24.3 Å². The second-order valence-corrected chi connectivity index (χ2v) is 8.30. The molecule has 11 heteroatoms. The number of thiol groups is 1. The Labute approximate surface area is 183 Å². The minimum absolute atomic E-state index is 0.119. The number of rotatable bonds is 14. The third-order valence-corrected chi connectivity index (χ3v) is 4.98. The molecule has 0 saturated carbocycles. The van der Waals surface area contributed by atoms with E-state index in [1.807, 2.05) is 0 Å². The standard InChI is InChI=1S/C19H37N5O5S/c1-10(2)14(23-16(25)12(21)9-30)18(27)22-13(7-5-6-8-20)17(26)24-15(11(3)4)19(28)29/h10-15,30H,5-9,20-21H2,1-4H3,(H,22,27)(H,23,25)(H,24,26)(H,28,29). The van der Waals surface area contributed by atoms with Crippen molar-refractivity contribution >= 4 is 36.3 Å². The van der Waals surface area contributed by atoms with Gasteiger partial charge in [0.25, 0.3) is 0 Å². The fraction of sp³-hybridized carbons (Fsp3) is 0.789. The van der Waals surface area contributed by atoms with E-state index < -0.39 is 47.9 Å². The summed E-state index contributed by atoms with van der Waals surface area (Å²) in [5.41, 5.74) is 11.2. The lowest BCUT2D eigenvalue weighted by Gasteiger charge is -2.27. The van der Waals surface area contributed by atoms with Gasteiger partial charge in [-0.25, -0.2) is 4.79 Å². The number of amides is 3. The highest BCUT2D eigenvalue weighted by Crippen LogP contribution is 2.08. The minimum Gasteiger partial charge on any atom is -0.480 e. The molecule has 0 bridgehead atoms. The van der Waals surface area contributed by atoms with Crippen LogP contribution >= 0.6 is 12.6 Å². The van der Waals surface area contributed by atoms with E-state index in [0.717, 1.165) is 0 Å². The van der Waals surface area contributed by atoms with Crippen LogP contribution in [0.2, 0.25) is 0 Å². The highest BCUT2D eigenvalue weighted by atomic mass is 32.1. The van der Waals surface area contributed by atoms with Gasteiger partial charge in [0, 0.05) is 5.75 Å². The molecule has 0 aromatic rings.